The number of aromatic nitrogens is 2. The molecule has 192 valence electrons. The zero-order valence-electron chi connectivity index (χ0n) is 20.8. The van der Waals surface area contributed by atoms with Crippen molar-refractivity contribution in [1.29, 1.82) is 0 Å². The number of methoxy groups -OCH3 is 1. The van der Waals surface area contributed by atoms with Gasteiger partial charge in [-0.25, -0.2) is 13.9 Å². The van der Waals surface area contributed by atoms with Crippen molar-refractivity contribution in [2.24, 2.45) is 0 Å². The molecule has 2 aliphatic carbocycles. The quantitative estimate of drug-likeness (QED) is 0.490. The van der Waals surface area contributed by atoms with Gasteiger partial charge in [-0.05, 0) is 62.4 Å². The van der Waals surface area contributed by atoms with Gasteiger partial charge in [-0.15, -0.1) is 0 Å². The van der Waals surface area contributed by atoms with E-state index < -0.39 is 17.2 Å². The van der Waals surface area contributed by atoms with Gasteiger partial charge in [0.15, 0.2) is 11.5 Å². The van der Waals surface area contributed by atoms with Crippen molar-refractivity contribution in [3.63, 3.8) is 0 Å². The minimum Gasteiger partial charge on any atom is -0.497 e. The third kappa shape index (κ3) is 3.63. The number of aliphatic hydroxyl groups excluding tert-OH is 1. The topological polar surface area (TPSA) is 93.9 Å². The first-order valence-electron chi connectivity index (χ1n) is 12.5. The third-order valence-corrected chi connectivity index (χ3v) is 7.98. The number of fused-ring (bicyclic) bond motifs is 2. The van der Waals surface area contributed by atoms with Gasteiger partial charge in [-0.2, -0.15) is 5.10 Å². The van der Waals surface area contributed by atoms with Gasteiger partial charge in [0.2, 0.25) is 0 Å². The first kappa shape index (κ1) is 23.7. The number of hydrogen-bond donors (Lipinski definition) is 1. The number of anilines is 1. The molecular formula is C28H28FN3O5. The first-order valence-corrected chi connectivity index (χ1v) is 12.5. The zero-order chi connectivity index (χ0) is 25.9. The summed E-state index contributed by atoms with van der Waals surface area (Å²) < 4.78 is 26.8. The number of nitrogens with zero attached hydrogens (tertiary/aromatic N) is 3. The number of amides is 1. The number of rotatable bonds is 7. The average Bonchev–Trinajstić information content (AvgIpc) is 3.83. The van der Waals surface area contributed by atoms with E-state index in [1.165, 1.54) is 23.9 Å². The lowest BCUT2D eigenvalue weighted by atomic mass is 9.88. The number of aliphatic hydroxyl groups is 1. The molecule has 1 N–H and O–H groups in total. The Morgan fingerprint density at radius 1 is 1.14 bits per heavy atom. The van der Waals surface area contributed by atoms with Crippen LogP contribution in [-0.2, 0) is 15.6 Å². The molecule has 2 heterocycles. The summed E-state index contributed by atoms with van der Waals surface area (Å²) in [6.45, 7) is 2.36. The van der Waals surface area contributed by atoms with Crippen LogP contribution < -0.4 is 9.64 Å². The van der Waals surface area contributed by atoms with Gasteiger partial charge >= 0.3 is 5.97 Å². The standard InChI is InChI=1S/C28H28FN3O5/c1-3-37-26(35)23-22-24(32(30-23)21-9-8-19(36-2)14-20(21)29)25(34)31(15-27(22)10-11-27)18-6-4-17(5-7-18)28(16-33)12-13-28/h4-9,14,33H,3,10-13,15-16H2,1-2H3. The molecule has 8 nitrogen and oxygen atoms in total. The fourth-order valence-electron chi connectivity index (χ4n) is 5.45. The summed E-state index contributed by atoms with van der Waals surface area (Å²) in [5.41, 5.74) is 1.96. The molecule has 2 aromatic carbocycles. The smallest absolute Gasteiger partial charge is 0.359 e. The molecule has 1 amide bonds. The van der Waals surface area contributed by atoms with E-state index in [2.05, 4.69) is 5.10 Å². The summed E-state index contributed by atoms with van der Waals surface area (Å²) in [6, 6.07) is 12.0. The minimum absolute atomic E-state index is 0.0487. The highest BCUT2D eigenvalue weighted by atomic mass is 19.1. The van der Waals surface area contributed by atoms with Crippen molar-refractivity contribution in [3.05, 3.63) is 70.8 Å². The Bertz CT molecular complexity index is 1410. The fraction of sp³-hybridized carbons (Fsp3) is 0.393. The van der Waals surface area contributed by atoms with Crippen LogP contribution in [0.15, 0.2) is 42.5 Å². The molecule has 6 rings (SSSR count). The highest BCUT2D eigenvalue weighted by Crippen LogP contribution is 2.55. The van der Waals surface area contributed by atoms with Crippen molar-refractivity contribution in [3.8, 4) is 11.4 Å². The highest BCUT2D eigenvalue weighted by Gasteiger charge is 2.56. The summed E-state index contributed by atoms with van der Waals surface area (Å²) in [4.78, 5) is 28.6. The van der Waals surface area contributed by atoms with Crippen molar-refractivity contribution in [2.45, 2.75) is 43.4 Å². The molecular weight excluding hydrogens is 477 g/mol. The number of ether oxygens (including phenoxy) is 2. The van der Waals surface area contributed by atoms with Gasteiger partial charge < -0.3 is 19.5 Å². The molecule has 1 spiro atoms. The summed E-state index contributed by atoms with van der Waals surface area (Å²) in [7, 11) is 1.44. The Morgan fingerprint density at radius 3 is 2.43 bits per heavy atom. The number of benzene rings is 2. The molecule has 1 aromatic heterocycles. The van der Waals surface area contributed by atoms with E-state index in [-0.39, 0.29) is 41.6 Å². The van der Waals surface area contributed by atoms with E-state index in [1.807, 2.05) is 24.3 Å². The van der Waals surface area contributed by atoms with Gasteiger partial charge in [-0.3, -0.25) is 4.79 Å². The fourth-order valence-corrected chi connectivity index (χ4v) is 5.45. The lowest BCUT2D eigenvalue weighted by Gasteiger charge is -2.33. The van der Waals surface area contributed by atoms with Gasteiger partial charge in [0.1, 0.15) is 17.1 Å². The van der Waals surface area contributed by atoms with Crippen LogP contribution in [0.3, 0.4) is 0 Å². The lowest BCUT2D eigenvalue weighted by molar-refractivity contribution is 0.0516. The molecule has 2 fully saturated rings. The number of esters is 1. The van der Waals surface area contributed by atoms with Gasteiger partial charge in [0, 0.05) is 34.7 Å². The maximum atomic E-state index is 15.2. The van der Waals surface area contributed by atoms with Crippen molar-refractivity contribution in [1.82, 2.24) is 9.78 Å². The molecule has 0 atom stereocenters. The average molecular weight is 506 g/mol. The van der Waals surface area contributed by atoms with Crippen molar-refractivity contribution in [2.75, 3.05) is 31.8 Å². The van der Waals surface area contributed by atoms with E-state index in [1.54, 1.807) is 17.9 Å². The van der Waals surface area contributed by atoms with E-state index in [9.17, 15) is 14.7 Å². The maximum absolute atomic E-state index is 15.2. The molecule has 3 aliphatic rings. The van der Waals surface area contributed by atoms with Crippen LogP contribution in [0.5, 0.6) is 5.75 Å². The summed E-state index contributed by atoms with van der Waals surface area (Å²) in [5.74, 6) is -1.28. The Hall–Kier alpha value is -3.72. The molecule has 1 aliphatic heterocycles. The van der Waals surface area contributed by atoms with Crippen LogP contribution in [0, 0.1) is 5.82 Å². The molecule has 0 bridgehead atoms. The number of hydrogen-bond acceptors (Lipinski definition) is 6. The number of halogens is 1. The second-order valence-electron chi connectivity index (χ2n) is 10.2. The van der Waals surface area contributed by atoms with Gasteiger partial charge in [0.05, 0.1) is 20.3 Å². The van der Waals surface area contributed by atoms with Crippen molar-refractivity contribution >= 4 is 17.6 Å². The molecule has 37 heavy (non-hydrogen) atoms. The third-order valence-electron chi connectivity index (χ3n) is 7.98. The highest BCUT2D eigenvalue weighted by molar-refractivity contribution is 6.10. The molecule has 0 saturated heterocycles. The molecule has 3 aromatic rings. The van der Waals surface area contributed by atoms with Crippen LogP contribution in [0.4, 0.5) is 10.1 Å². The predicted molar refractivity (Wildman–Crippen MR) is 133 cm³/mol. The van der Waals surface area contributed by atoms with E-state index in [4.69, 9.17) is 9.47 Å². The van der Waals surface area contributed by atoms with Gasteiger partial charge in [0.25, 0.3) is 5.91 Å². The number of carbonyl (C=O) groups is 2. The van der Waals surface area contributed by atoms with Crippen LogP contribution in [0.1, 0.15) is 64.7 Å². The predicted octanol–water partition coefficient (Wildman–Crippen LogP) is 3.91. The zero-order valence-corrected chi connectivity index (χ0v) is 20.8. The molecule has 0 unspecified atom stereocenters. The molecule has 9 heteroatoms. The maximum Gasteiger partial charge on any atom is 0.359 e. The normalized spacial score (nSPS) is 18.5. The Balaban J connectivity index is 1.48. The van der Waals surface area contributed by atoms with E-state index in [0.717, 1.165) is 31.2 Å². The second-order valence-corrected chi connectivity index (χ2v) is 10.2. The summed E-state index contributed by atoms with van der Waals surface area (Å²) >= 11 is 0. The summed E-state index contributed by atoms with van der Waals surface area (Å²) in [5, 5.41) is 14.2. The molecule has 2 saturated carbocycles. The monoisotopic (exact) mass is 505 g/mol. The molecule has 0 radical (unpaired) electrons. The van der Waals surface area contributed by atoms with Gasteiger partial charge in [-0.1, -0.05) is 12.1 Å². The van der Waals surface area contributed by atoms with Crippen LogP contribution >= 0.6 is 0 Å². The SMILES string of the molecule is CCOC(=O)c1nn(-c2ccc(OC)cc2F)c2c1C1(CC1)CN(c1ccc(C3(CO)CC3)cc1)C2=O. The Labute approximate surface area is 213 Å². The van der Waals surface area contributed by atoms with E-state index in [0.29, 0.717) is 23.5 Å². The Kier molecular flexibility index (Phi) is 5.38. The summed E-state index contributed by atoms with van der Waals surface area (Å²) in [6.07, 6.45) is 3.44. The Morgan fingerprint density at radius 2 is 1.86 bits per heavy atom. The largest absolute Gasteiger partial charge is 0.497 e. The van der Waals surface area contributed by atoms with E-state index >= 15 is 4.39 Å². The van der Waals surface area contributed by atoms with Crippen LogP contribution in [0.2, 0.25) is 0 Å². The van der Waals surface area contributed by atoms with Crippen molar-refractivity contribution < 1.29 is 28.6 Å². The van der Waals surface area contributed by atoms with Crippen LogP contribution in [0.25, 0.3) is 5.69 Å². The number of carbonyl (C=O) groups excluding carboxylic acids is 2. The van der Waals surface area contributed by atoms with Crippen LogP contribution in [-0.4, -0.2) is 53.6 Å². The second kappa shape index (κ2) is 8.41. The first-order chi connectivity index (χ1) is 17.9. The lowest BCUT2D eigenvalue weighted by Crippen LogP contribution is -2.44. The minimum atomic E-state index is -0.627.